The molecule has 0 aromatic carbocycles. The van der Waals surface area contributed by atoms with Crippen molar-refractivity contribution >= 4 is 23.2 Å². The van der Waals surface area contributed by atoms with Crippen LogP contribution in [0, 0.1) is 10.1 Å². The number of hydrogen-bond acceptors (Lipinski definition) is 4. The Balaban J connectivity index is 3.20. The van der Waals surface area contributed by atoms with E-state index in [0.717, 1.165) is 12.3 Å². The maximum absolute atomic E-state index is 12.5. The van der Waals surface area contributed by atoms with Crippen molar-refractivity contribution in [3.05, 3.63) is 33.1 Å². The van der Waals surface area contributed by atoms with E-state index in [9.17, 15) is 28.1 Å². The largest absolute Gasteiger partial charge is 0.406 e. The fourth-order valence-corrected chi connectivity index (χ4v) is 1.71. The Morgan fingerprint density at radius 2 is 2.10 bits per heavy atom. The summed E-state index contributed by atoms with van der Waals surface area (Å²) in [6, 6.07) is 0.0399. The number of rotatable bonds is 4. The van der Waals surface area contributed by atoms with Crippen LogP contribution in [0.3, 0.4) is 0 Å². The maximum atomic E-state index is 12.5. The first kappa shape index (κ1) is 17.2. The normalized spacial score (nSPS) is 11.6. The fraction of sp³-hybridized carbons (Fsp3) is 0.455. The number of alkyl halides is 3. The van der Waals surface area contributed by atoms with Crippen LogP contribution in [0.5, 0.6) is 0 Å². The van der Waals surface area contributed by atoms with Gasteiger partial charge in [-0.15, -0.1) is 0 Å². The maximum Gasteiger partial charge on any atom is 0.406 e. The highest BCUT2D eigenvalue weighted by molar-refractivity contribution is 6.32. The molecule has 21 heavy (non-hydrogen) atoms. The van der Waals surface area contributed by atoms with Gasteiger partial charge in [0.2, 0.25) is 0 Å². The third-order valence-corrected chi connectivity index (χ3v) is 2.80. The van der Waals surface area contributed by atoms with Crippen LogP contribution in [-0.2, 0) is 0 Å². The number of pyridine rings is 1. The second-order valence-corrected chi connectivity index (χ2v) is 4.79. The van der Waals surface area contributed by atoms with E-state index in [1.807, 2.05) is 0 Å². The van der Waals surface area contributed by atoms with Gasteiger partial charge in [0.15, 0.2) is 0 Å². The van der Waals surface area contributed by atoms with Crippen molar-refractivity contribution in [3.63, 3.8) is 0 Å². The molecule has 0 atom stereocenters. The summed E-state index contributed by atoms with van der Waals surface area (Å²) in [4.78, 5) is 25.9. The molecule has 0 unspecified atom stereocenters. The van der Waals surface area contributed by atoms with Crippen molar-refractivity contribution in [2.45, 2.75) is 26.1 Å². The van der Waals surface area contributed by atoms with E-state index in [0.29, 0.717) is 4.90 Å². The Hall–Kier alpha value is -1.90. The molecule has 0 fully saturated rings. The lowest BCUT2D eigenvalue weighted by Gasteiger charge is -2.27. The molecule has 0 spiro atoms. The average Bonchev–Trinajstić information content (AvgIpc) is 2.34. The monoisotopic (exact) mass is 325 g/mol. The third kappa shape index (κ3) is 4.55. The molecule has 0 N–H and O–H groups in total. The van der Waals surface area contributed by atoms with Crippen molar-refractivity contribution in [1.29, 1.82) is 0 Å². The molecule has 1 amide bonds. The van der Waals surface area contributed by atoms with Gasteiger partial charge in [0.25, 0.3) is 11.6 Å². The van der Waals surface area contributed by atoms with Crippen LogP contribution in [0.4, 0.5) is 18.9 Å². The molecule has 6 nitrogen and oxygen atoms in total. The van der Waals surface area contributed by atoms with Gasteiger partial charge in [-0.05, 0) is 13.8 Å². The van der Waals surface area contributed by atoms with E-state index >= 15 is 0 Å². The lowest BCUT2D eigenvalue weighted by atomic mass is 10.2. The van der Waals surface area contributed by atoms with Crippen LogP contribution < -0.4 is 0 Å². The second-order valence-electron chi connectivity index (χ2n) is 4.43. The minimum absolute atomic E-state index is 0.390. The van der Waals surface area contributed by atoms with Gasteiger partial charge in [0.05, 0.1) is 10.5 Å². The second kappa shape index (κ2) is 6.25. The molecule has 0 aliphatic rings. The molecule has 0 aliphatic carbocycles. The minimum atomic E-state index is -4.60. The van der Waals surface area contributed by atoms with Gasteiger partial charge >= 0.3 is 6.18 Å². The highest BCUT2D eigenvalue weighted by Crippen LogP contribution is 2.24. The summed E-state index contributed by atoms with van der Waals surface area (Å²) in [5.41, 5.74) is -0.970. The average molecular weight is 326 g/mol. The number of halogens is 4. The predicted molar refractivity (Wildman–Crippen MR) is 68.1 cm³/mol. The quantitative estimate of drug-likeness (QED) is 0.484. The van der Waals surface area contributed by atoms with Crippen molar-refractivity contribution in [1.82, 2.24) is 9.88 Å². The summed E-state index contributed by atoms with van der Waals surface area (Å²) in [5.74, 6) is -1.07. The first-order valence-electron chi connectivity index (χ1n) is 5.70. The molecule has 116 valence electrons. The molecule has 1 heterocycles. The van der Waals surface area contributed by atoms with Crippen LogP contribution >= 0.6 is 11.6 Å². The molecule has 0 aliphatic heterocycles. The first-order valence-corrected chi connectivity index (χ1v) is 6.08. The molecule has 0 bridgehead atoms. The number of amides is 1. The Morgan fingerprint density at radius 3 is 2.52 bits per heavy atom. The standard InChI is InChI=1S/C11H11ClF3N3O3/c1-6(2)17(5-11(13,14)15)10(19)8-3-7(18(20)21)4-16-9(8)12/h3-4,6H,5H2,1-2H3. The van der Waals surface area contributed by atoms with Crippen molar-refractivity contribution < 1.29 is 22.9 Å². The minimum Gasteiger partial charge on any atom is -0.327 e. The lowest BCUT2D eigenvalue weighted by molar-refractivity contribution is -0.385. The Morgan fingerprint density at radius 1 is 1.52 bits per heavy atom. The Labute approximate surface area is 122 Å². The van der Waals surface area contributed by atoms with Gasteiger partial charge < -0.3 is 4.90 Å². The summed E-state index contributed by atoms with van der Waals surface area (Å²) in [7, 11) is 0. The van der Waals surface area contributed by atoms with E-state index in [1.165, 1.54) is 13.8 Å². The van der Waals surface area contributed by atoms with Crippen LogP contribution in [0.15, 0.2) is 12.3 Å². The van der Waals surface area contributed by atoms with Crippen LogP contribution in [-0.4, -0.2) is 39.5 Å². The summed E-state index contributed by atoms with van der Waals surface area (Å²) >= 11 is 5.65. The summed E-state index contributed by atoms with van der Waals surface area (Å²) in [5, 5.41) is 10.2. The van der Waals surface area contributed by atoms with E-state index in [4.69, 9.17) is 11.6 Å². The highest BCUT2D eigenvalue weighted by Gasteiger charge is 2.35. The van der Waals surface area contributed by atoms with E-state index < -0.39 is 46.0 Å². The smallest absolute Gasteiger partial charge is 0.327 e. The predicted octanol–water partition coefficient (Wildman–Crippen LogP) is 3.06. The molecular weight excluding hydrogens is 315 g/mol. The Kier molecular flexibility index (Phi) is 5.10. The van der Waals surface area contributed by atoms with E-state index in [2.05, 4.69) is 4.98 Å². The molecule has 1 aromatic heterocycles. The molecule has 0 saturated heterocycles. The van der Waals surface area contributed by atoms with Gasteiger partial charge in [-0.3, -0.25) is 14.9 Å². The van der Waals surface area contributed by atoms with Crippen molar-refractivity contribution in [2.24, 2.45) is 0 Å². The molecular formula is C11H11ClF3N3O3. The highest BCUT2D eigenvalue weighted by atomic mass is 35.5. The van der Waals surface area contributed by atoms with Gasteiger partial charge in [0, 0.05) is 12.1 Å². The molecule has 0 saturated carbocycles. The topological polar surface area (TPSA) is 76.3 Å². The molecule has 1 rings (SSSR count). The van der Waals surface area contributed by atoms with Gasteiger partial charge in [-0.1, -0.05) is 11.6 Å². The van der Waals surface area contributed by atoms with Gasteiger partial charge in [-0.2, -0.15) is 13.2 Å². The number of nitrogens with zero attached hydrogens (tertiary/aromatic N) is 3. The van der Waals surface area contributed by atoms with Crippen molar-refractivity contribution in [2.75, 3.05) is 6.54 Å². The van der Waals surface area contributed by atoms with Crippen molar-refractivity contribution in [3.8, 4) is 0 Å². The lowest BCUT2D eigenvalue weighted by Crippen LogP contribution is -2.43. The van der Waals surface area contributed by atoms with Crippen LogP contribution in [0.1, 0.15) is 24.2 Å². The molecule has 0 radical (unpaired) electrons. The number of hydrogen-bond donors (Lipinski definition) is 0. The van der Waals surface area contributed by atoms with E-state index in [-0.39, 0.29) is 0 Å². The zero-order valence-corrected chi connectivity index (χ0v) is 11.8. The summed E-state index contributed by atoms with van der Waals surface area (Å²) in [6.07, 6.45) is -3.77. The zero-order chi connectivity index (χ0) is 16.4. The Bertz CT molecular complexity index is 563. The number of carbonyl (C=O) groups is 1. The zero-order valence-electron chi connectivity index (χ0n) is 11.0. The third-order valence-electron chi connectivity index (χ3n) is 2.50. The number of carbonyl (C=O) groups excluding carboxylic acids is 1. The molecule has 1 aromatic rings. The summed E-state index contributed by atoms with van der Waals surface area (Å²) < 4.78 is 37.5. The van der Waals surface area contributed by atoms with Gasteiger partial charge in [-0.25, -0.2) is 4.98 Å². The SMILES string of the molecule is CC(C)N(CC(F)(F)F)C(=O)c1cc([N+](=O)[O-])cnc1Cl. The molecule has 10 heteroatoms. The fourth-order valence-electron chi connectivity index (χ4n) is 1.52. The number of nitro groups is 1. The first-order chi connectivity index (χ1) is 9.53. The van der Waals surface area contributed by atoms with Crippen LogP contribution in [0.25, 0.3) is 0 Å². The summed E-state index contributed by atoms with van der Waals surface area (Å²) in [6.45, 7) is 1.30. The van der Waals surface area contributed by atoms with E-state index in [1.54, 1.807) is 0 Å². The number of aromatic nitrogens is 1. The van der Waals surface area contributed by atoms with Crippen LogP contribution in [0.2, 0.25) is 5.15 Å². The van der Waals surface area contributed by atoms with Gasteiger partial charge in [0.1, 0.15) is 17.9 Å².